The predicted molar refractivity (Wildman–Crippen MR) is 148 cm³/mol. The minimum atomic E-state index is -1.50. The molecule has 3 aromatic rings. The van der Waals surface area contributed by atoms with Crippen molar-refractivity contribution in [1.82, 2.24) is 21.0 Å². The molecule has 0 amide bonds. The van der Waals surface area contributed by atoms with Crippen LogP contribution in [0.2, 0.25) is 5.02 Å². The number of hydrazine groups is 2. The van der Waals surface area contributed by atoms with Gasteiger partial charge in [-0.3, -0.25) is 9.99 Å². The molecule has 1 aromatic heterocycles. The van der Waals surface area contributed by atoms with Gasteiger partial charge in [0.2, 0.25) is 0 Å². The Labute approximate surface area is 228 Å². The van der Waals surface area contributed by atoms with Gasteiger partial charge < -0.3 is 16.1 Å². The second kappa shape index (κ2) is 9.64. The number of rotatable bonds is 7. The van der Waals surface area contributed by atoms with E-state index >= 15 is 0 Å². The third-order valence-corrected chi connectivity index (χ3v) is 8.11. The summed E-state index contributed by atoms with van der Waals surface area (Å²) in [5.74, 6) is -0.374. The highest BCUT2D eigenvalue weighted by molar-refractivity contribution is 6.35. The van der Waals surface area contributed by atoms with Crippen molar-refractivity contribution in [3.8, 4) is 6.07 Å². The SMILES string of the molecule is [2H]C(Nc1cc(Cl)c2ncc(C#N)c(NC3CCCC3(C)C)c2c1)(C1=CN(C2CC2)NN1)c1ccc(F)cc1. The topological polar surface area (TPSA) is 88.0 Å². The van der Waals surface area contributed by atoms with Gasteiger partial charge in [0.05, 0.1) is 34.9 Å². The number of anilines is 2. The summed E-state index contributed by atoms with van der Waals surface area (Å²) in [7, 11) is 0. The highest BCUT2D eigenvalue weighted by atomic mass is 35.5. The summed E-state index contributed by atoms with van der Waals surface area (Å²) < 4.78 is 23.4. The fraction of sp³-hybridized carbons (Fsp3) is 0.379. The van der Waals surface area contributed by atoms with Crippen molar-refractivity contribution in [2.24, 2.45) is 5.41 Å². The van der Waals surface area contributed by atoms with Gasteiger partial charge in [-0.05, 0) is 60.9 Å². The molecule has 2 aliphatic carbocycles. The zero-order chi connectivity index (χ0) is 27.4. The summed E-state index contributed by atoms with van der Waals surface area (Å²) in [4.78, 5) is 4.49. The number of hydrogen-bond donors (Lipinski definition) is 4. The molecule has 0 spiro atoms. The van der Waals surface area contributed by atoms with Crippen LogP contribution in [0.5, 0.6) is 0 Å². The van der Waals surface area contributed by atoms with Gasteiger partial charge in [-0.25, -0.2) is 4.39 Å². The summed E-state index contributed by atoms with van der Waals surface area (Å²) >= 11 is 6.76. The second-order valence-electron chi connectivity index (χ2n) is 11.0. The Kier molecular flexibility index (Phi) is 5.98. The summed E-state index contributed by atoms with van der Waals surface area (Å²) in [6.45, 7) is 4.48. The van der Waals surface area contributed by atoms with Crippen LogP contribution in [0.1, 0.15) is 64.5 Å². The van der Waals surface area contributed by atoms with Crippen molar-refractivity contribution in [3.63, 3.8) is 0 Å². The number of fused-ring (bicyclic) bond motifs is 1. The van der Waals surface area contributed by atoms with Gasteiger partial charge in [0, 0.05) is 35.6 Å². The molecule has 2 unspecified atom stereocenters. The first-order valence-corrected chi connectivity index (χ1v) is 13.4. The molecule has 0 bridgehead atoms. The van der Waals surface area contributed by atoms with Crippen molar-refractivity contribution < 1.29 is 5.76 Å². The zero-order valence-corrected chi connectivity index (χ0v) is 22.2. The molecular weight excluding hydrogens is 501 g/mol. The van der Waals surface area contributed by atoms with E-state index in [9.17, 15) is 11.0 Å². The van der Waals surface area contributed by atoms with E-state index in [-0.39, 0.29) is 17.3 Å². The van der Waals surface area contributed by atoms with Crippen LogP contribution in [-0.2, 0) is 0 Å². The second-order valence-corrected chi connectivity index (χ2v) is 11.4. The molecule has 2 aromatic carbocycles. The number of halogens is 2. The van der Waals surface area contributed by atoms with E-state index in [1.54, 1.807) is 24.4 Å². The summed E-state index contributed by atoms with van der Waals surface area (Å²) in [6.07, 6.45) is 8.84. The number of benzene rings is 2. The molecule has 2 atom stereocenters. The first-order chi connectivity index (χ1) is 18.7. The van der Waals surface area contributed by atoms with E-state index in [1.807, 2.05) is 17.3 Å². The molecule has 1 aliphatic heterocycles. The molecule has 38 heavy (non-hydrogen) atoms. The average molecular weight is 533 g/mol. The van der Waals surface area contributed by atoms with E-state index < -0.39 is 6.02 Å². The lowest BCUT2D eigenvalue weighted by molar-refractivity contribution is 0.260. The standard InChI is InChI=1S/C29H31ClFN7/c1-29(2)11-3-4-25(29)35-26-18(14-32)15-33-28-22(26)12-20(13-23(28)30)34-27(17-5-7-19(31)8-6-17)24-16-38(37-36-24)21-9-10-21/h5-8,12-13,15-16,21,25,27,34,36-37H,3-4,9-11H2,1-2H3,(H,33,35)/i27D. The highest BCUT2D eigenvalue weighted by Crippen LogP contribution is 2.42. The van der Waals surface area contributed by atoms with Crippen LogP contribution in [0.4, 0.5) is 15.8 Å². The third kappa shape index (κ3) is 4.72. The molecule has 2 fully saturated rings. The molecule has 0 saturated heterocycles. The molecule has 7 nitrogen and oxygen atoms in total. The van der Waals surface area contributed by atoms with Gasteiger partial charge in [0.25, 0.3) is 0 Å². The van der Waals surface area contributed by atoms with Crippen LogP contribution in [0.25, 0.3) is 10.9 Å². The monoisotopic (exact) mass is 532 g/mol. The van der Waals surface area contributed by atoms with Crippen molar-refractivity contribution in [3.05, 3.63) is 76.5 Å². The Bertz CT molecular complexity index is 1500. The van der Waals surface area contributed by atoms with E-state index in [2.05, 4.69) is 46.5 Å². The van der Waals surface area contributed by atoms with Crippen molar-refractivity contribution in [1.29, 1.82) is 5.26 Å². The number of nitrogens with one attached hydrogen (secondary N) is 4. The minimum absolute atomic E-state index is 0.0853. The van der Waals surface area contributed by atoms with Crippen LogP contribution in [-0.4, -0.2) is 22.1 Å². The Morgan fingerprint density at radius 3 is 2.74 bits per heavy atom. The third-order valence-electron chi connectivity index (χ3n) is 7.82. The van der Waals surface area contributed by atoms with Crippen molar-refractivity contribution in [2.75, 3.05) is 10.6 Å². The quantitative estimate of drug-likeness (QED) is 0.281. The molecule has 6 rings (SSSR count). The highest BCUT2D eigenvalue weighted by Gasteiger charge is 2.35. The van der Waals surface area contributed by atoms with Gasteiger partial charge in [-0.1, -0.05) is 44.0 Å². The summed E-state index contributed by atoms with van der Waals surface area (Å²) in [5.41, 5.74) is 9.76. The maximum absolute atomic E-state index is 13.8. The van der Waals surface area contributed by atoms with Crippen LogP contribution in [0.3, 0.4) is 0 Å². The fourth-order valence-electron chi connectivity index (χ4n) is 5.40. The first kappa shape index (κ1) is 23.6. The normalized spacial score (nSPS) is 22.3. The molecule has 9 heteroatoms. The summed E-state index contributed by atoms with van der Waals surface area (Å²) in [6, 6.07) is 10.9. The van der Waals surface area contributed by atoms with Crippen LogP contribution < -0.4 is 21.6 Å². The van der Waals surface area contributed by atoms with Crippen LogP contribution in [0, 0.1) is 22.6 Å². The van der Waals surface area contributed by atoms with E-state index in [4.69, 9.17) is 11.6 Å². The molecule has 2 heterocycles. The lowest BCUT2D eigenvalue weighted by atomic mass is 9.87. The Hall–Kier alpha value is -3.54. The Balaban J connectivity index is 1.44. The summed E-state index contributed by atoms with van der Waals surface area (Å²) in [5, 5.41) is 20.0. The van der Waals surface area contributed by atoms with E-state index in [0.717, 1.165) is 32.1 Å². The fourth-order valence-corrected chi connectivity index (χ4v) is 5.67. The van der Waals surface area contributed by atoms with E-state index in [0.29, 0.717) is 50.2 Å². The Morgan fingerprint density at radius 2 is 2.05 bits per heavy atom. The lowest BCUT2D eigenvalue weighted by Gasteiger charge is -2.29. The lowest BCUT2D eigenvalue weighted by Crippen LogP contribution is -2.38. The van der Waals surface area contributed by atoms with Crippen molar-refractivity contribution in [2.45, 2.75) is 64.1 Å². The van der Waals surface area contributed by atoms with Gasteiger partial charge in [-0.2, -0.15) is 5.26 Å². The predicted octanol–water partition coefficient (Wildman–Crippen LogP) is 6.37. The molecule has 0 radical (unpaired) electrons. The van der Waals surface area contributed by atoms with Crippen LogP contribution >= 0.6 is 11.6 Å². The van der Waals surface area contributed by atoms with Gasteiger partial charge in [-0.15, -0.1) is 5.53 Å². The Morgan fingerprint density at radius 1 is 1.26 bits per heavy atom. The number of aromatic nitrogens is 1. The molecular formula is C29H31ClFN7. The van der Waals surface area contributed by atoms with E-state index in [1.165, 1.54) is 12.1 Å². The number of nitrogens with zero attached hydrogens (tertiary/aromatic N) is 3. The first-order valence-electron chi connectivity index (χ1n) is 13.5. The molecule has 3 aliphatic rings. The van der Waals surface area contributed by atoms with Gasteiger partial charge >= 0.3 is 0 Å². The number of nitriles is 1. The van der Waals surface area contributed by atoms with Crippen LogP contribution in [0.15, 0.2) is 54.5 Å². The smallest absolute Gasteiger partial charge is 0.123 e. The van der Waals surface area contributed by atoms with Gasteiger partial charge in [0.1, 0.15) is 11.9 Å². The molecule has 196 valence electrons. The maximum atomic E-state index is 13.8. The largest absolute Gasteiger partial charge is 0.380 e. The average Bonchev–Trinajstić information content (AvgIpc) is 3.53. The van der Waals surface area contributed by atoms with Crippen molar-refractivity contribution >= 4 is 33.9 Å². The minimum Gasteiger partial charge on any atom is -0.380 e. The van der Waals surface area contributed by atoms with Gasteiger partial charge in [0.15, 0.2) is 0 Å². The number of hydrogen-bond acceptors (Lipinski definition) is 7. The number of pyridine rings is 1. The molecule has 2 saturated carbocycles. The molecule has 4 N–H and O–H groups in total. The zero-order valence-electron chi connectivity index (χ0n) is 22.4. The maximum Gasteiger partial charge on any atom is 0.123 e.